The molecule has 138 valence electrons. The van der Waals surface area contributed by atoms with Crippen molar-refractivity contribution in [1.29, 1.82) is 0 Å². The molecule has 1 N–H and O–H groups in total. The summed E-state index contributed by atoms with van der Waals surface area (Å²) in [6, 6.07) is 3.53. The van der Waals surface area contributed by atoms with Gasteiger partial charge in [-0.1, -0.05) is 17.7 Å². The normalized spacial score (nSPS) is 20.1. The zero-order chi connectivity index (χ0) is 18.7. The lowest BCUT2D eigenvalue weighted by Gasteiger charge is -2.22. The average Bonchev–Trinajstić information content (AvgIpc) is 3.27. The highest BCUT2D eigenvalue weighted by Crippen LogP contribution is 2.26. The first-order valence-corrected chi connectivity index (χ1v) is 8.93. The van der Waals surface area contributed by atoms with Crippen molar-refractivity contribution in [3.05, 3.63) is 46.5 Å². The minimum Gasteiger partial charge on any atom is -0.468 e. The van der Waals surface area contributed by atoms with Crippen LogP contribution in [0.3, 0.4) is 0 Å². The average molecular weight is 399 g/mol. The molecule has 1 fully saturated rings. The van der Waals surface area contributed by atoms with Gasteiger partial charge in [0, 0.05) is 29.7 Å². The molecule has 0 aliphatic carbocycles. The van der Waals surface area contributed by atoms with Gasteiger partial charge >= 0.3 is 5.97 Å². The van der Waals surface area contributed by atoms with Crippen molar-refractivity contribution in [3.63, 3.8) is 0 Å². The van der Waals surface area contributed by atoms with Crippen LogP contribution in [-0.2, 0) is 16.1 Å². The predicted molar refractivity (Wildman–Crippen MR) is 93.4 cm³/mol. The summed E-state index contributed by atoms with van der Waals surface area (Å²) in [5.74, 6) is -1.25. The van der Waals surface area contributed by atoms with E-state index in [1.165, 1.54) is 25.4 Å². The summed E-state index contributed by atoms with van der Waals surface area (Å²) in [6.07, 6.45) is 1.73. The molecular formula is C16H16ClFN4O3S. The maximum absolute atomic E-state index is 14.1. The molecule has 0 bridgehead atoms. The van der Waals surface area contributed by atoms with E-state index in [1.54, 1.807) is 11.0 Å². The van der Waals surface area contributed by atoms with Crippen LogP contribution in [0.4, 0.5) is 4.39 Å². The van der Waals surface area contributed by atoms with Gasteiger partial charge in [-0.15, -0.1) is 0 Å². The lowest BCUT2D eigenvalue weighted by molar-refractivity contribution is -0.146. The number of rotatable bonds is 5. The first-order chi connectivity index (χ1) is 12.5. The van der Waals surface area contributed by atoms with Crippen molar-refractivity contribution in [1.82, 2.24) is 19.0 Å². The van der Waals surface area contributed by atoms with E-state index in [2.05, 4.69) is 14.1 Å². The predicted octanol–water partition coefficient (Wildman–Crippen LogP) is 1.88. The van der Waals surface area contributed by atoms with Crippen LogP contribution in [0.1, 0.15) is 22.5 Å². The van der Waals surface area contributed by atoms with Crippen LogP contribution < -0.4 is 5.32 Å². The Morgan fingerprint density at radius 3 is 2.96 bits per heavy atom. The minimum atomic E-state index is -0.602. The van der Waals surface area contributed by atoms with Gasteiger partial charge in [-0.25, -0.2) is 4.39 Å². The number of amides is 1. The molecule has 0 saturated carbocycles. The highest BCUT2D eigenvalue weighted by Gasteiger charge is 2.39. The number of methoxy groups -OCH3 is 1. The van der Waals surface area contributed by atoms with E-state index < -0.39 is 17.8 Å². The number of nitrogens with one attached hydrogen (secondary N) is 1. The number of nitrogens with zero attached hydrogens (tertiary/aromatic N) is 3. The number of benzene rings is 1. The fourth-order valence-corrected chi connectivity index (χ4v) is 3.61. The highest BCUT2D eigenvalue weighted by atomic mass is 35.5. The Labute approximate surface area is 158 Å². The zero-order valence-electron chi connectivity index (χ0n) is 13.8. The topological polar surface area (TPSA) is 84.4 Å². The zero-order valence-corrected chi connectivity index (χ0v) is 15.4. The summed E-state index contributed by atoms with van der Waals surface area (Å²) in [6.45, 7) is 0.490. The number of likely N-dealkylation sites (tertiary alicyclic amines) is 1. The smallest absolute Gasteiger partial charge is 0.323 e. The number of hydrogen-bond donors (Lipinski definition) is 1. The molecule has 1 aliphatic heterocycles. The molecule has 1 amide bonds. The van der Waals surface area contributed by atoms with E-state index >= 15 is 0 Å². The van der Waals surface area contributed by atoms with Crippen LogP contribution in [0, 0.1) is 5.82 Å². The van der Waals surface area contributed by atoms with Crippen molar-refractivity contribution in [2.24, 2.45) is 0 Å². The Kier molecular flexibility index (Phi) is 5.80. The number of aromatic nitrogens is 2. The number of hydrogen-bond acceptors (Lipinski definition) is 7. The first kappa shape index (κ1) is 18.7. The third-order valence-electron chi connectivity index (χ3n) is 4.23. The Bertz CT molecular complexity index is 785. The first-order valence-electron chi connectivity index (χ1n) is 7.82. The fourth-order valence-electron chi connectivity index (χ4n) is 2.97. The quantitative estimate of drug-likeness (QED) is 0.774. The lowest BCUT2D eigenvalue weighted by Crippen LogP contribution is -2.38. The van der Waals surface area contributed by atoms with Crippen molar-refractivity contribution in [2.75, 3.05) is 13.7 Å². The van der Waals surface area contributed by atoms with E-state index in [-0.39, 0.29) is 29.2 Å². The lowest BCUT2D eigenvalue weighted by atomic mass is 10.1. The molecule has 10 heteroatoms. The number of ether oxygens (including phenoxy) is 1. The second-order valence-electron chi connectivity index (χ2n) is 5.87. The van der Waals surface area contributed by atoms with Gasteiger partial charge in [0.25, 0.3) is 5.91 Å². The summed E-state index contributed by atoms with van der Waals surface area (Å²) >= 11 is 7.03. The molecule has 2 atom stereocenters. The molecular weight excluding hydrogens is 383 g/mol. The van der Waals surface area contributed by atoms with Gasteiger partial charge in [0.15, 0.2) is 5.69 Å². The molecule has 1 saturated heterocycles. The monoisotopic (exact) mass is 398 g/mol. The maximum Gasteiger partial charge on any atom is 0.323 e. The molecule has 1 aromatic carbocycles. The van der Waals surface area contributed by atoms with Gasteiger partial charge in [-0.3, -0.25) is 14.5 Å². The number of carbonyl (C=O) groups excluding carboxylic acids is 2. The Balaban J connectivity index is 1.75. The second-order valence-corrected chi connectivity index (χ2v) is 6.83. The minimum absolute atomic E-state index is 0.135. The van der Waals surface area contributed by atoms with E-state index in [1.807, 2.05) is 0 Å². The van der Waals surface area contributed by atoms with Crippen molar-refractivity contribution >= 4 is 35.2 Å². The van der Waals surface area contributed by atoms with Crippen LogP contribution >= 0.6 is 23.3 Å². The van der Waals surface area contributed by atoms with Crippen molar-refractivity contribution in [3.8, 4) is 0 Å². The summed E-state index contributed by atoms with van der Waals surface area (Å²) in [4.78, 5) is 26.0. The molecule has 1 aliphatic rings. The number of halogens is 2. The van der Waals surface area contributed by atoms with Gasteiger partial charge in [0.1, 0.15) is 11.9 Å². The Morgan fingerprint density at radius 1 is 1.50 bits per heavy atom. The highest BCUT2D eigenvalue weighted by molar-refractivity contribution is 6.99. The molecule has 2 aromatic rings. The standard InChI is InChI=1S/C16H16ClFN4O3S/c1-25-16(24)14-5-9(20-15(23)13-6-19-26-21-13)7-22(14)8-10-11(17)3-2-4-12(10)18/h2-4,6,9,14H,5,7-8H2,1H3,(H,20,23)/t9-,14+/m1/s1. The summed E-state index contributed by atoms with van der Waals surface area (Å²) in [5, 5.41) is 3.11. The van der Waals surface area contributed by atoms with Crippen LogP contribution in [-0.4, -0.2) is 51.3 Å². The number of carbonyl (C=O) groups is 2. The van der Waals surface area contributed by atoms with Crippen LogP contribution in [0.5, 0.6) is 0 Å². The fraction of sp³-hybridized carbons (Fsp3) is 0.375. The summed E-state index contributed by atoms with van der Waals surface area (Å²) < 4.78 is 26.6. The summed E-state index contributed by atoms with van der Waals surface area (Å²) in [7, 11) is 1.30. The molecule has 7 nitrogen and oxygen atoms in total. The van der Waals surface area contributed by atoms with Gasteiger partial charge in [-0.05, 0) is 18.6 Å². The second kappa shape index (κ2) is 8.07. The third kappa shape index (κ3) is 4.00. The molecule has 1 aromatic heterocycles. The number of esters is 1. The van der Waals surface area contributed by atoms with Gasteiger partial charge in [0.05, 0.1) is 25.0 Å². The van der Waals surface area contributed by atoms with E-state index in [9.17, 15) is 14.0 Å². The van der Waals surface area contributed by atoms with Gasteiger partial charge in [-0.2, -0.15) is 8.75 Å². The Hall–Kier alpha value is -2.10. The molecule has 0 unspecified atom stereocenters. The van der Waals surface area contributed by atoms with Crippen LogP contribution in [0.25, 0.3) is 0 Å². The molecule has 0 spiro atoms. The Morgan fingerprint density at radius 2 is 2.31 bits per heavy atom. The van der Waals surface area contributed by atoms with E-state index in [0.29, 0.717) is 18.5 Å². The van der Waals surface area contributed by atoms with E-state index in [0.717, 1.165) is 11.7 Å². The summed E-state index contributed by atoms with van der Waals surface area (Å²) in [5.41, 5.74) is 0.527. The molecule has 2 heterocycles. The van der Waals surface area contributed by atoms with Crippen LogP contribution in [0.15, 0.2) is 24.4 Å². The molecule has 3 rings (SSSR count). The van der Waals surface area contributed by atoms with Crippen molar-refractivity contribution < 1.29 is 18.7 Å². The maximum atomic E-state index is 14.1. The van der Waals surface area contributed by atoms with Gasteiger partial charge in [0.2, 0.25) is 0 Å². The van der Waals surface area contributed by atoms with Crippen molar-refractivity contribution in [2.45, 2.75) is 25.0 Å². The van der Waals surface area contributed by atoms with Crippen LogP contribution in [0.2, 0.25) is 5.02 Å². The third-order valence-corrected chi connectivity index (χ3v) is 5.06. The molecule has 0 radical (unpaired) electrons. The van der Waals surface area contributed by atoms with E-state index in [4.69, 9.17) is 16.3 Å². The largest absolute Gasteiger partial charge is 0.468 e. The van der Waals surface area contributed by atoms with Gasteiger partial charge < -0.3 is 10.1 Å². The SMILES string of the molecule is COC(=O)[C@@H]1C[C@@H](NC(=O)c2cnsn2)CN1Cc1c(F)cccc1Cl. The molecule has 26 heavy (non-hydrogen) atoms.